The zero-order valence-electron chi connectivity index (χ0n) is 15.0. The Morgan fingerprint density at radius 2 is 2.00 bits per heavy atom. The molecule has 6 nitrogen and oxygen atoms in total. The molecular formula is C20H22N4O2. The maximum absolute atomic E-state index is 12.6. The Kier molecular flexibility index (Phi) is 5.63. The molecule has 6 heteroatoms. The number of nitrogens with one attached hydrogen (secondary N) is 1. The topological polar surface area (TPSA) is 69.0 Å². The van der Waals surface area contributed by atoms with E-state index in [2.05, 4.69) is 22.3 Å². The molecule has 0 aliphatic rings. The first-order valence-corrected chi connectivity index (χ1v) is 8.69. The first-order chi connectivity index (χ1) is 12.7. The molecule has 0 bridgehead atoms. The molecule has 134 valence electrons. The number of carbonyl (C=O) groups is 1. The Hall–Kier alpha value is -3.15. The highest BCUT2D eigenvalue weighted by Gasteiger charge is 2.15. The van der Waals surface area contributed by atoms with Gasteiger partial charge in [-0.1, -0.05) is 19.4 Å². The minimum Gasteiger partial charge on any atom is -0.494 e. The third kappa shape index (κ3) is 4.08. The van der Waals surface area contributed by atoms with Gasteiger partial charge in [-0.15, -0.1) is 0 Å². The number of ether oxygens (including phenoxy) is 1. The van der Waals surface area contributed by atoms with Gasteiger partial charge in [0, 0.05) is 11.9 Å². The third-order valence-corrected chi connectivity index (χ3v) is 4.00. The second-order valence-corrected chi connectivity index (χ2v) is 5.92. The quantitative estimate of drug-likeness (QED) is 0.654. The Balaban J connectivity index is 1.68. The summed E-state index contributed by atoms with van der Waals surface area (Å²) >= 11 is 0. The molecule has 0 saturated heterocycles. The molecule has 2 heterocycles. The summed E-state index contributed by atoms with van der Waals surface area (Å²) in [6.07, 6.45) is 5.37. The Morgan fingerprint density at radius 1 is 1.19 bits per heavy atom. The van der Waals surface area contributed by atoms with Crippen LogP contribution >= 0.6 is 0 Å². The van der Waals surface area contributed by atoms with Gasteiger partial charge in [0.05, 0.1) is 24.1 Å². The van der Waals surface area contributed by atoms with E-state index in [1.165, 1.54) is 0 Å². The van der Waals surface area contributed by atoms with Crippen LogP contribution in [0.5, 0.6) is 5.75 Å². The number of benzene rings is 1. The van der Waals surface area contributed by atoms with Crippen molar-refractivity contribution in [3.63, 3.8) is 0 Å². The molecule has 0 aliphatic carbocycles. The Bertz CT molecular complexity index is 857. The molecule has 3 rings (SSSR count). The van der Waals surface area contributed by atoms with E-state index < -0.39 is 0 Å². The van der Waals surface area contributed by atoms with Gasteiger partial charge in [-0.05, 0) is 49.7 Å². The van der Waals surface area contributed by atoms with Crippen LogP contribution in [0.15, 0.2) is 54.9 Å². The minimum absolute atomic E-state index is 0.204. The largest absolute Gasteiger partial charge is 0.494 e. The number of pyridine rings is 1. The number of anilines is 1. The molecule has 1 aromatic carbocycles. The van der Waals surface area contributed by atoms with E-state index in [4.69, 9.17) is 4.74 Å². The first kappa shape index (κ1) is 17.7. The SMILES string of the molecule is CCCCOc1ccc(NC(=O)c2cnn(-c3ccccn3)c2C)cc1. The highest BCUT2D eigenvalue weighted by atomic mass is 16.5. The smallest absolute Gasteiger partial charge is 0.259 e. The maximum atomic E-state index is 12.6. The summed E-state index contributed by atoms with van der Waals surface area (Å²) in [5, 5.41) is 7.17. The number of rotatable bonds is 7. The van der Waals surface area contributed by atoms with Crippen molar-refractivity contribution in [2.45, 2.75) is 26.7 Å². The predicted molar refractivity (Wildman–Crippen MR) is 101 cm³/mol. The van der Waals surface area contributed by atoms with Crippen molar-refractivity contribution in [2.75, 3.05) is 11.9 Å². The number of carbonyl (C=O) groups excluding carboxylic acids is 1. The normalized spacial score (nSPS) is 10.5. The van der Waals surface area contributed by atoms with E-state index in [9.17, 15) is 4.79 Å². The minimum atomic E-state index is -0.204. The van der Waals surface area contributed by atoms with Crippen LogP contribution in [0, 0.1) is 6.92 Å². The molecule has 1 N–H and O–H groups in total. The summed E-state index contributed by atoms with van der Waals surface area (Å²) in [4.78, 5) is 16.8. The molecule has 0 spiro atoms. The summed E-state index contributed by atoms with van der Waals surface area (Å²) in [5.74, 6) is 1.28. The van der Waals surface area contributed by atoms with Crippen LogP contribution in [0.3, 0.4) is 0 Å². The molecule has 0 atom stereocenters. The lowest BCUT2D eigenvalue weighted by molar-refractivity contribution is 0.102. The number of aromatic nitrogens is 3. The lowest BCUT2D eigenvalue weighted by Crippen LogP contribution is -2.13. The number of unbranched alkanes of at least 4 members (excludes halogenated alkanes) is 1. The predicted octanol–water partition coefficient (Wildman–Crippen LogP) is 4.01. The summed E-state index contributed by atoms with van der Waals surface area (Å²) < 4.78 is 7.28. The lowest BCUT2D eigenvalue weighted by atomic mass is 10.2. The monoisotopic (exact) mass is 350 g/mol. The Morgan fingerprint density at radius 3 is 2.69 bits per heavy atom. The van der Waals surface area contributed by atoms with Crippen molar-refractivity contribution in [1.82, 2.24) is 14.8 Å². The van der Waals surface area contributed by atoms with Gasteiger partial charge in [0.25, 0.3) is 5.91 Å². The van der Waals surface area contributed by atoms with Crippen molar-refractivity contribution >= 4 is 11.6 Å². The summed E-state index contributed by atoms with van der Waals surface area (Å²) in [6, 6.07) is 12.9. The van der Waals surface area contributed by atoms with E-state index in [1.54, 1.807) is 17.1 Å². The summed E-state index contributed by atoms with van der Waals surface area (Å²) in [7, 11) is 0. The van der Waals surface area contributed by atoms with Gasteiger partial charge < -0.3 is 10.1 Å². The van der Waals surface area contributed by atoms with E-state index in [0.717, 1.165) is 24.3 Å². The van der Waals surface area contributed by atoms with Crippen molar-refractivity contribution < 1.29 is 9.53 Å². The standard InChI is InChI=1S/C20H22N4O2/c1-3-4-13-26-17-10-8-16(9-11-17)23-20(25)18-14-22-24(15(18)2)19-7-5-6-12-21-19/h5-12,14H,3-4,13H2,1-2H3,(H,23,25). The molecule has 2 aromatic heterocycles. The average Bonchev–Trinajstić information content (AvgIpc) is 3.05. The molecular weight excluding hydrogens is 328 g/mol. The molecule has 0 radical (unpaired) electrons. The maximum Gasteiger partial charge on any atom is 0.259 e. The third-order valence-electron chi connectivity index (χ3n) is 4.00. The van der Waals surface area contributed by atoms with Crippen LogP contribution in [0.4, 0.5) is 5.69 Å². The highest BCUT2D eigenvalue weighted by molar-refractivity contribution is 6.05. The van der Waals surface area contributed by atoms with Crippen molar-refractivity contribution in [3.8, 4) is 11.6 Å². The van der Waals surface area contributed by atoms with Gasteiger partial charge in [-0.25, -0.2) is 9.67 Å². The van der Waals surface area contributed by atoms with Gasteiger partial charge in [-0.2, -0.15) is 5.10 Å². The average molecular weight is 350 g/mol. The second-order valence-electron chi connectivity index (χ2n) is 5.92. The molecule has 0 aliphatic heterocycles. The molecule has 0 fully saturated rings. The number of hydrogen-bond acceptors (Lipinski definition) is 4. The van der Waals surface area contributed by atoms with E-state index in [1.807, 2.05) is 49.4 Å². The lowest BCUT2D eigenvalue weighted by Gasteiger charge is -2.08. The first-order valence-electron chi connectivity index (χ1n) is 8.69. The van der Waals surface area contributed by atoms with Crippen LogP contribution in [0.25, 0.3) is 5.82 Å². The van der Waals surface area contributed by atoms with Gasteiger partial charge in [0.1, 0.15) is 5.75 Å². The van der Waals surface area contributed by atoms with Crippen molar-refractivity contribution in [3.05, 3.63) is 66.1 Å². The van der Waals surface area contributed by atoms with Gasteiger partial charge in [0.2, 0.25) is 0 Å². The molecule has 1 amide bonds. The van der Waals surface area contributed by atoms with Crippen LogP contribution in [-0.2, 0) is 0 Å². The van der Waals surface area contributed by atoms with Gasteiger partial charge in [0.15, 0.2) is 5.82 Å². The summed E-state index contributed by atoms with van der Waals surface area (Å²) in [6.45, 7) is 4.68. The van der Waals surface area contributed by atoms with Crippen LogP contribution in [-0.4, -0.2) is 27.3 Å². The molecule has 0 saturated carbocycles. The van der Waals surface area contributed by atoms with E-state index >= 15 is 0 Å². The highest BCUT2D eigenvalue weighted by Crippen LogP contribution is 2.18. The second kappa shape index (κ2) is 8.29. The fourth-order valence-corrected chi connectivity index (χ4v) is 2.51. The molecule has 3 aromatic rings. The van der Waals surface area contributed by atoms with Crippen LogP contribution < -0.4 is 10.1 Å². The van der Waals surface area contributed by atoms with Crippen LogP contribution in [0.2, 0.25) is 0 Å². The van der Waals surface area contributed by atoms with Gasteiger partial charge in [-0.3, -0.25) is 4.79 Å². The fraction of sp³-hybridized carbons (Fsp3) is 0.250. The van der Waals surface area contributed by atoms with Crippen LogP contribution in [0.1, 0.15) is 35.8 Å². The molecule has 26 heavy (non-hydrogen) atoms. The summed E-state index contributed by atoms with van der Waals surface area (Å²) in [5.41, 5.74) is 1.96. The fourth-order valence-electron chi connectivity index (χ4n) is 2.51. The van der Waals surface area contributed by atoms with Gasteiger partial charge >= 0.3 is 0 Å². The molecule has 0 unspecified atom stereocenters. The number of amides is 1. The Labute approximate surface area is 152 Å². The van der Waals surface area contributed by atoms with E-state index in [0.29, 0.717) is 23.7 Å². The zero-order chi connectivity index (χ0) is 18.4. The number of hydrogen-bond donors (Lipinski definition) is 1. The number of nitrogens with zero attached hydrogens (tertiary/aromatic N) is 3. The zero-order valence-corrected chi connectivity index (χ0v) is 15.0. The van der Waals surface area contributed by atoms with Crippen molar-refractivity contribution in [2.24, 2.45) is 0 Å². The van der Waals surface area contributed by atoms with E-state index in [-0.39, 0.29) is 5.91 Å². The van der Waals surface area contributed by atoms with Crippen molar-refractivity contribution in [1.29, 1.82) is 0 Å².